The molecule has 1 saturated carbocycles. The molecule has 1 aliphatic heterocycles. The molecule has 0 bridgehead atoms. The summed E-state index contributed by atoms with van der Waals surface area (Å²) in [5.74, 6) is 0.874. The highest BCUT2D eigenvalue weighted by Gasteiger charge is 2.48. The van der Waals surface area contributed by atoms with Crippen molar-refractivity contribution in [3.63, 3.8) is 0 Å². The highest BCUT2D eigenvalue weighted by atomic mass is 16.5. The third-order valence-corrected chi connectivity index (χ3v) is 2.67. The van der Waals surface area contributed by atoms with Gasteiger partial charge < -0.3 is 4.74 Å². The summed E-state index contributed by atoms with van der Waals surface area (Å²) in [6.45, 7) is 2.83. The lowest BCUT2D eigenvalue weighted by atomic mass is 9.68. The molecule has 0 amide bonds. The van der Waals surface area contributed by atoms with Gasteiger partial charge in [-0.1, -0.05) is 6.92 Å². The van der Waals surface area contributed by atoms with Crippen LogP contribution in [0.3, 0.4) is 0 Å². The van der Waals surface area contributed by atoms with Crippen molar-refractivity contribution in [3.8, 4) is 0 Å². The van der Waals surface area contributed by atoms with E-state index >= 15 is 0 Å². The van der Waals surface area contributed by atoms with E-state index in [1.165, 1.54) is 0 Å². The van der Waals surface area contributed by atoms with Gasteiger partial charge in [0.15, 0.2) is 0 Å². The third-order valence-electron chi connectivity index (χ3n) is 2.67. The number of hydrogen-bond donors (Lipinski definition) is 0. The van der Waals surface area contributed by atoms with Gasteiger partial charge in [-0.05, 0) is 12.8 Å². The van der Waals surface area contributed by atoms with Crippen LogP contribution in [0.15, 0.2) is 0 Å². The van der Waals surface area contributed by atoms with Crippen molar-refractivity contribution in [1.29, 1.82) is 0 Å². The molecule has 2 fully saturated rings. The fraction of sp³-hybridized carbons (Fsp3) is 0.875. The van der Waals surface area contributed by atoms with E-state index < -0.39 is 0 Å². The number of Topliss-reactive ketones (excluding diaryl/α,β-unsaturated/α-hetero) is 1. The Balaban J connectivity index is 2.06. The van der Waals surface area contributed by atoms with Gasteiger partial charge in [-0.3, -0.25) is 4.79 Å². The van der Waals surface area contributed by atoms with E-state index in [9.17, 15) is 4.79 Å². The van der Waals surface area contributed by atoms with Gasteiger partial charge in [-0.25, -0.2) is 0 Å². The molecule has 2 aliphatic rings. The first-order chi connectivity index (χ1) is 4.80. The van der Waals surface area contributed by atoms with E-state index in [-0.39, 0.29) is 17.9 Å². The lowest BCUT2D eigenvalue weighted by molar-refractivity contribution is -0.165. The van der Waals surface area contributed by atoms with Crippen LogP contribution in [0, 0.1) is 11.8 Å². The zero-order valence-electron chi connectivity index (χ0n) is 6.17. The van der Waals surface area contributed by atoms with Gasteiger partial charge in [0.1, 0.15) is 5.78 Å². The molecule has 0 aromatic rings. The largest absolute Gasteiger partial charge is 0.377 e. The Morgan fingerprint density at radius 2 is 2.40 bits per heavy atom. The van der Waals surface area contributed by atoms with Crippen LogP contribution in [-0.4, -0.2) is 18.5 Å². The van der Waals surface area contributed by atoms with Gasteiger partial charge in [0.05, 0.1) is 6.10 Å². The number of rotatable bonds is 0. The first-order valence-corrected chi connectivity index (χ1v) is 3.96. The number of carbonyl (C=O) groups is 1. The van der Waals surface area contributed by atoms with Crippen LogP contribution in [0.1, 0.15) is 19.8 Å². The summed E-state index contributed by atoms with van der Waals surface area (Å²) in [4.78, 5) is 11.1. The van der Waals surface area contributed by atoms with E-state index in [0.717, 1.165) is 19.4 Å². The summed E-state index contributed by atoms with van der Waals surface area (Å²) < 4.78 is 5.44. The second-order valence-corrected chi connectivity index (χ2v) is 3.28. The lowest BCUT2D eigenvalue weighted by Crippen LogP contribution is -2.54. The number of fused-ring (bicyclic) bond motifs is 1. The number of ether oxygens (including phenoxy) is 1. The molecule has 56 valence electrons. The van der Waals surface area contributed by atoms with Crippen molar-refractivity contribution in [2.45, 2.75) is 25.9 Å². The molecule has 0 spiro atoms. The predicted molar refractivity (Wildman–Crippen MR) is 36.6 cm³/mol. The van der Waals surface area contributed by atoms with Gasteiger partial charge in [0.2, 0.25) is 0 Å². The summed E-state index contributed by atoms with van der Waals surface area (Å²) in [6.07, 6.45) is 2.41. The highest BCUT2D eigenvalue weighted by molar-refractivity contribution is 5.90. The summed E-state index contributed by atoms with van der Waals surface area (Å²) in [7, 11) is 0. The number of hydrogen-bond acceptors (Lipinski definition) is 2. The molecular weight excluding hydrogens is 128 g/mol. The molecule has 2 rings (SSSR count). The maximum absolute atomic E-state index is 11.1. The molecule has 0 N–H and O–H groups in total. The van der Waals surface area contributed by atoms with Crippen LogP contribution in [0.2, 0.25) is 0 Å². The fourth-order valence-corrected chi connectivity index (χ4v) is 1.98. The van der Waals surface area contributed by atoms with Crippen LogP contribution >= 0.6 is 0 Å². The van der Waals surface area contributed by atoms with Crippen molar-refractivity contribution in [1.82, 2.24) is 0 Å². The van der Waals surface area contributed by atoms with Crippen molar-refractivity contribution < 1.29 is 9.53 Å². The number of ketones is 1. The zero-order chi connectivity index (χ0) is 7.14. The van der Waals surface area contributed by atoms with E-state index in [4.69, 9.17) is 4.74 Å². The second kappa shape index (κ2) is 2.06. The molecular formula is C8H12O2. The van der Waals surface area contributed by atoms with Crippen molar-refractivity contribution in [2.24, 2.45) is 11.8 Å². The van der Waals surface area contributed by atoms with Gasteiger partial charge in [-0.15, -0.1) is 0 Å². The minimum absolute atomic E-state index is 0.185. The number of carbonyl (C=O) groups excluding carboxylic acids is 1. The Labute approximate surface area is 60.6 Å². The van der Waals surface area contributed by atoms with Gasteiger partial charge in [0.25, 0.3) is 0 Å². The summed E-state index contributed by atoms with van der Waals surface area (Å²) in [5, 5.41) is 0. The topological polar surface area (TPSA) is 26.3 Å². The van der Waals surface area contributed by atoms with E-state index in [1.807, 2.05) is 6.92 Å². The molecule has 0 radical (unpaired) electrons. The first kappa shape index (κ1) is 6.35. The highest BCUT2D eigenvalue weighted by Crippen LogP contribution is 2.38. The monoisotopic (exact) mass is 140 g/mol. The van der Waals surface area contributed by atoms with Crippen molar-refractivity contribution >= 4 is 5.78 Å². The zero-order valence-corrected chi connectivity index (χ0v) is 6.17. The Morgan fingerprint density at radius 1 is 1.60 bits per heavy atom. The minimum Gasteiger partial charge on any atom is -0.377 e. The Morgan fingerprint density at radius 3 is 3.10 bits per heavy atom. The second-order valence-electron chi connectivity index (χ2n) is 3.28. The van der Waals surface area contributed by atoms with Crippen LogP contribution in [-0.2, 0) is 9.53 Å². The molecule has 0 aromatic carbocycles. The Bertz CT molecular complexity index is 165. The maximum Gasteiger partial charge on any atom is 0.143 e. The molecule has 1 aliphatic carbocycles. The van der Waals surface area contributed by atoms with Crippen LogP contribution in [0.4, 0.5) is 0 Å². The Hall–Kier alpha value is -0.370. The third kappa shape index (κ3) is 0.655. The summed E-state index contributed by atoms with van der Waals surface area (Å²) >= 11 is 0. The van der Waals surface area contributed by atoms with E-state index in [2.05, 4.69) is 0 Å². The molecule has 0 unspecified atom stereocenters. The normalized spacial score (nSPS) is 46.1. The van der Waals surface area contributed by atoms with Gasteiger partial charge >= 0.3 is 0 Å². The van der Waals surface area contributed by atoms with E-state index in [0.29, 0.717) is 5.78 Å². The molecule has 0 aromatic heterocycles. The average molecular weight is 140 g/mol. The van der Waals surface area contributed by atoms with Crippen molar-refractivity contribution in [2.75, 3.05) is 6.61 Å². The standard InChI is InChI=1S/C8H12O2/c1-5-7(9)6-3-2-4-10-8(5)6/h5-6,8H,2-4H2,1H3/t5-,6-,8+/m0/s1. The maximum atomic E-state index is 11.1. The smallest absolute Gasteiger partial charge is 0.143 e. The van der Waals surface area contributed by atoms with Crippen molar-refractivity contribution in [3.05, 3.63) is 0 Å². The summed E-state index contributed by atoms with van der Waals surface area (Å²) in [5.41, 5.74) is 0. The van der Waals surface area contributed by atoms with Gasteiger partial charge in [0, 0.05) is 18.4 Å². The lowest BCUT2D eigenvalue weighted by Gasteiger charge is -2.43. The molecule has 1 heterocycles. The molecule has 2 nitrogen and oxygen atoms in total. The van der Waals surface area contributed by atoms with E-state index in [1.54, 1.807) is 0 Å². The minimum atomic E-state index is 0.185. The molecule has 1 saturated heterocycles. The predicted octanol–water partition coefficient (Wildman–Crippen LogP) is 1.00. The molecule has 2 heteroatoms. The average Bonchev–Trinajstić information content (AvgIpc) is 2.03. The van der Waals surface area contributed by atoms with Crippen LogP contribution in [0.25, 0.3) is 0 Å². The van der Waals surface area contributed by atoms with Gasteiger partial charge in [-0.2, -0.15) is 0 Å². The van der Waals surface area contributed by atoms with Crippen LogP contribution < -0.4 is 0 Å². The Kier molecular flexibility index (Phi) is 1.31. The van der Waals surface area contributed by atoms with Crippen LogP contribution in [0.5, 0.6) is 0 Å². The quantitative estimate of drug-likeness (QED) is 0.501. The summed E-state index contributed by atoms with van der Waals surface area (Å²) in [6, 6.07) is 0. The molecule has 10 heavy (non-hydrogen) atoms. The first-order valence-electron chi connectivity index (χ1n) is 3.96. The fourth-order valence-electron chi connectivity index (χ4n) is 1.98. The SMILES string of the molecule is C[C@H]1C(=O)[C@@H]2CCCO[C@H]12. The molecule has 3 atom stereocenters.